The Bertz CT molecular complexity index is 4310. The zero-order valence-corrected chi connectivity index (χ0v) is 37.6. The van der Waals surface area contributed by atoms with Gasteiger partial charge in [0.1, 0.15) is 38.8 Å². The Balaban J connectivity index is 0.933. The third kappa shape index (κ3) is 5.84. The summed E-state index contributed by atoms with van der Waals surface area (Å²) in [6, 6.07) is 75.2. The second-order valence-corrected chi connectivity index (χ2v) is 18.7. The summed E-state index contributed by atoms with van der Waals surface area (Å²) in [4.78, 5) is 16.4. The van der Waals surface area contributed by atoms with Crippen LogP contribution >= 0.6 is 11.3 Å². The highest BCUT2D eigenvalue weighted by atomic mass is 32.1. The predicted molar refractivity (Wildman–Crippen MR) is 289 cm³/mol. The molecule has 0 fully saturated rings. The maximum absolute atomic E-state index is 6.50. The van der Waals surface area contributed by atoms with Crippen LogP contribution in [0.3, 0.4) is 0 Å². The van der Waals surface area contributed by atoms with Crippen LogP contribution < -0.4 is 9.80 Å². The maximum atomic E-state index is 6.50. The Morgan fingerprint density at radius 2 is 0.783 bits per heavy atom. The lowest BCUT2D eigenvalue weighted by Crippen LogP contribution is -2.12. The third-order valence-corrected chi connectivity index (χ3v) is 14.9. The van der Waals surface area contributed by atoms with Gasteiger partial charge >= 0.3 is 0 Å². The van der Waals surface area contributed by atoms with Crippen molar-refractivity contribution in [2.24, 2.45) is 0 Å². The van der Waals surface area contributed by atoms with Crippen LogP contribution in [0.25, 0.3) is 107 Å². The van der Waals surface area contributed by atoms with E-state index in [0.717, 1.165) is 120 Å². The van der Waals surface area contributed by atoms with E-state index in [1.54, 1.807) is 11.3 Å². The van der Waals surface area contributed by atoms with E-state index >= 15 is 0 Å². The van der Waals surface area contributed by atoms with Gasteiger partial charge in [-0.15, -0.1) is 11.3 Å². The molecule has 15 aromatic rings. The zero-order valence-electron chi connectivity index (χ0n) is 36.8. The highest BCUT2D eigenvalue weighted by Crippen LogP contribution is 2.47. The van der Waals surface area contributed by atoms with E-state index in [0.29, 0.717) is 0 Å². The summed E-state index contributed by atoms with van der Waals surface area (Å²) < 4.78 is 14.1. The number of pyridine rings is 2. The molecule has 0 spiro atoms. The number of hydrogen-bond acceptors (Lipinski definition) is 7. The van der Waals surface area contributed by atoms with E-state index < -0.39 is 0 Å². The highest BCUT2D eigenvalue weighted by molar-refractivity contribution is 7.25. The molecule has 0 N–H and O–H groups in total. The molecule has 5 heterocycles. The Morgan fingerprint density at radius 3 is 1.35 bits per heavy atom. The lowest BCUT2D eigenvalue weighted by molar-refractivity contribution is 0.668. The molecule has 322 valence electrons. The Morgan fingerprint density at radius 1 is 0.333 bits per heavy atom. The Hall–Kier alpha value is -9.04. The molecule has 0 bridgehead atoms. The fourth-order valence-corrected chi connectivity index (χ4v) is 11.8. The highest BCUT2D eigenvalue weighted by Gasteiger charge is 2.24. The Kier molecular flexibility index (Phi) is 8.13. The van der Waals surface area contributed by atoms with Crippen molar-refractivity contribution in [3.63, 3.8) is 0 Å². The van der Waals surface area contributed by atoms with Gasteiger partial charge in [-0.25, -0.2) is 9.97 Å². The van der Waals surface area contributed by atoms with Gasteiger partial charge in [0.2, 0.25) is 0 Å². The van der Waals surface area contributed by atoms with E-state index in [2.05, 4.69) is 198 Å². The van der Waals surface area contributed by atoms with Crippen LogP contribution in [0.1, 0.15) is 0 Å². The van der Waals surface area contributed by atoms with E-state index in [9.17, 15) is 0 Å². The van der Waals surface area contributed by atoms with Crippen molar-refractivity contribution < 1.29 is 8.83 Å². The number of para-hydroxylation sites is 2. The number of rotatable bonds is 6. The lowest BCUT2D eigenvalue weighted by Gasteiger charge is -2.26. The molecule has 0 amide bonds. The number of hydrogen-bond donors (Lipinski definition) is 0. The first-order valence-corrected chi connectivity index (χ1v) is 23.9. The summed E-state index contributed by atoms with van der Waals surface area (Å²) in [5, 5.41) is 15.8. The molecule has 0 aliphatic carbocycles. The molecule has 7 heteroatoms. The van der Waals surface area contributed by atoms with Crippen molar-refractivity contribution in [1.29, 1.82) is 0 Å². The molecule has 0 saturated heterocycles. The van der Waals surface area contributed by atoms with Crippen molar-refractivity contribution in [1.82, 2.24) is 9.97 Å². The second kappa shape index (κ2) is 14.7. The van der Waals surface area contributed by atoms with Gasteiger partial charge < -0.3 is 8.83 Å². The van der Waals surface area contributed by atoms with Gasteiger partial charge in [0.05, 0.1) is 22.7 Å². The first-order valence-electron chi connectivity index (χ1n) is 23.1. The van der Waals surface area contributed by atoms with Gasteiger partial charge in [0.15, 0.2) is 0 Å². The number of benzene rings is 10. The molecule has 5 aromatic heterocycles. The minimum absolute atomic E-state index is 0.800. The number of thiophene rings is 1. The quantitative estimate of drug-likeness (QED) is 0.155. The second-order valence-electron chi connectivity index (χ2n) is 17.7. The van der Waals surface area contributed by atoms with E-state index in [4.69, 9.17) is 18.8 Å². The number of fused-ring (bicyclic) bond motifs is 15. The molecule has 6 nitrogen and oxygen atoms in total. The van der Waals surface area contributed by atoms with Crippen molar-refractivity contribution in [2.75, 3.05) is 9.80 Å². The van der Waals surface area contributed by atoms with Gasteiger partial charge in [-0.3, -0.25) is 9.80 Å². The van der Waals surface area contributed by atoms with E-state index in [1.165, 1.54) is 21.5 Å². The smallest absolute Gasteiger partial charge is 0.139 e. The normalized spacial score (nSPS) is 12.1. The largest absolute Gasteiger partial charge is 0.456 e. The van der Waals surface area contributed by atoms with E-state index in [1.807, 2.05) is 30.5 Å². The standard InChI is InChI=1S/C62H36N4O2S/c1-3-15-41-37(13-1)31-53(45-19-7-5-17-43(41)45)65(39-25-27-49-47-21-9-11-23-55(47)67-57(49)33-39)60-30-29-51-52-36-63-61(35-59(52)69-62(51)64-60)66(40-26-28-50-48-22-10-12-24-56(48)68-58(50)34-40)54-32-38-14-2-4-16-42(38)44-18-6-8-20-46(44)54/h1-36H. The van der Waals surface area contributed by atoms with Gasteiger partial charge in [-0.05, 0) is 99.0 Å². The molecule has 15 rings (SSSR count). The molecule has 0 unspecified atom stereocenters. The van der Waals surface area contributed by atoms with Crippen LogP contribution in [0.4, 0.5) is 34.4 Å². The van der Waals surface area contributed by atoms with Gasteiger partial charge in [-0.2, -0.15) is 0 Å². The number of aromatic nitrogens is 2. The summed E-state index contributed by atoms with van der Waals surface area (Å²) in [6.07, 6.45) is 2.02. The van der Waals surface area contributed by atoms with Crippen LogP contribution in [0.15, 0.2) is 227 Å². The number of anilines is 6. The van der Waals surface area contributed by atoms with Crippen LogP contribution in [-0.4, -0.2) is 9.97 Å². The van der Waals surface area contributed by atoms with Crippen LogP contribution in [0.2, 0.25) is 0 Å². The predicted octanol–water partition coefficient (Wildman–Crippen LogP) is 18.2. The first-order chi connectivity index (χ1) is 34.2. The average Bonchev–Trinajstić information content (AvgIpc) is 4.09. The molecule has 0 aliphatic rings. The molecule has 0 aliphatic heterocycles. The van der Waals surface area contributed by atoms with Gasteiger partial charge in [-0.1, -0.05) is 133 Å². The van der Waals surface area contributed by atoms with Gasteiger partial charge in [0, 0.05) is 66.1 Å². The summed E-state index contributed by atoms with van der Waals surface area (Å²) in [7, 11) is 0. The van der Waals surface area contributed by atoms with Crippen LogP contribution in [0.5, 0.6) is 0 Å². The third-order valence-electron chi connectivity index (χ3n) is 13.9. The molecule has 0 saturated carbocycles. The molecule has 0 atom stereocenters. The molecule has 69 heavy (non-hydrogen) atoms. The fourth-order valence-electron chi connectivity index (χ4n) is 10.7. The minimum Gasteiger partial charge on any atom is -0.456 e. The minimum atomic E-state index is 0.800. The molecular weight excluding hydrogens is 865 g/mol. The monoisotopic (exact) mass is 900 g/mol. The SMILES string of the molecule is c1ccc2c(c1)cc(N(c1ccc3c(c1)oc1ccccc13)c1cc3sc4nc(N(c5ccc6c(c5)oc5ccccc56)c5cc6ccccc6c6ccccc56)ccc4c3cn1)c1ccccc12. The average molecular weight is 901 g/mol. The summed E-state index contributed by atoms with van der Waals surface area (Å²) in [5.41, 5.74) is 7.37. The topological polar surface area (TPSA) is 58.5 Å². The van der Waals surface area contributed by atoms with Crippen LogP contribution in [-0.2, 0) is 0 Å². The fraction of sp³-hybridized carbons (Fsp3) is 0. The molecule has 0 radical (unpaired) electrons. The first kappa shape index (κ1) is 38.1. The summed E-state index contributed by atoms with van der Waals surface area (Å²) in [5.74, 6) is 1.61. The molecule has 10 aromatic carbocycles. The van der Waals surface area contributed by atoms with E-state index in [-0.39, 0.29) is 0 Å². The van der Waals surface area contributed by atoms with Crippen LogP contribution in [0, 0.1) is 0 Å². The van der Waals surface area contributed by atoms with Gasteiger partial charge in [0.25, 0.3) is 0 Å². The van der Waals surface area contributed by atoms with Crippen molar-refractivity contribution >= 4 is 153 Å². The zero-order chi connectivity index (χ0) is 45.2. The molecular formula is C62H36N4O2S. The van der Waals surface area contributed by atoms with Crippen molar-refractivity contribution in [2.45, 2.75) is 0 Å². The Labute approximate surface area is 398 Å². The summed E-state index contributed by atoms with van der Waals surface area (Å²) in [6.45, 7) is 0. The lowest BCUT2D eigenvalue weighted by atomic mass is 9.99. The number of furan rings is 2. The van der Waals surface area contributed by atoms with Crippen molar-refractivity contribution in [3.8, 4) is 0 Å². The number of nitrogens with zero attached hydrogens (tertiary/aromatic N) is 4. The summed E-state index contributed by atoms with van der Waals surface area (Å²) >= 11 is 1.69. The van der Waals surface area contributed by atoms with Crippen molar-refractivity contribution in [3.05, 3.63) is 219 Å². The maximum Gasteiger partial charge on any atom is 0.139 e.